The van der Waals surface area contributed by atoms with Crippen LogP contribution in [-0.2, 0) is 0 Å². The molecular weight excluding hydrogens is 471 g/mol. The van der Waals surface area contributed by atoms with E-state index in [2.05, 4.69) is 4.98 Å². The van der Waals surface area contributed by atoms with Crippen LogP contribution in [0.3, 0.4) is 0 Å². The number of nitro benzene ring substituents is 1. The first-order chi connectivity index (χ1) is 16.9. The predicted octanol–water partition coefficient (Wildman–Crippen LogP) is 5.01. The van der Waals surface area contributed by atoms with E-state index in [-0.39, 0.29) is 28.9 Å². The smallest absolute Gasteiger partial charge is 0.326 e. The lowest BCUT2D eigenvalue weighted by atomic mass is 10.0. The number of hydrogen-bond donors (Lipinski definition) is 1. The second kappa shape index (κ2) is 9.38. The highest BCUT2D eigenvalue weighted by Gasteiger charge is 2.29. The third-order valence-corrected chi connectivity index (χ3v) is 7.33. The number of amides is 1. The molecule has 0 saturated carbocycles. The number of H-pyrrole nitrogens is 1. The number of non-ortho nitro benzene ring substituents is 1. The Morgan fingerprint density at radius 3 is 2.49 bits per heavy atom. The van der Waals surface area contributed by atoms with Crippen molar-refractivity contribution < 1.29 is 14.1 Å². The molecule has 1 fully saturated rings. The highest BCUT2D eigenvalue weighted by Crippen LogP contribution is 2.35. The summed E-state index contributed by atoms with van der Waals surface area (Å²) in [5, 5.41) is 11.4. The van der Waals surface area contributed by atoms with Crippen molar-refractivity contribution in [2.45, 2.75) is 28.7 Å². The molecule has 0 radical (unpaired) electrons. The Morgan fingerprint density at radius 1 is 1.03 bits per heavy atom. The van der Waals surface area contributed by atoms with Gasteiger partial charge in [0.05, 0.1) is 21.5 Å². The van der Waals surface area contributed by atoms with E-state index in [9.17, 15) is 24.1 Å². The number of carbonyl (C=O) groups is 1. The fourth-order valence-electron chi connectivity index (χ4n) is 4.47. The van der Waals surface area contributed by atoms with Crippen LogP contribution in [0.25, 0.3) is 11.0 Å². The van der Waals surface area contributed by atoms with Crippen molar-refractivity contribution in [3.63, 3.8) is 0 Å². The van der Waals surface area contributed by atoms with Gasteiger partial charge in [-0.1, -0.05) is 36.0 Å². The number of fused-ring (bicyclic) bond motifs is 1. The molecule has 0 bridgehead atoms. The molecule has 8 nitrogen and oxygen atoms in total. The van der Waals surface area contributed by atoms with Crippen molar-refractivity contribution in [2.24, 2.45) is 0 Å². The Labute approximate surface area is 203 Å². The average molecular weight is 493 g/mol. The van der Waals surface area contributed by atoms with Crippen LogP contribution < -0.4 is 5.69 Å². The highest BCUT2D eigenvalue weighted by molar-refractivity contribution is 7.99. The van der Waals surface area contributed by atoms with Crippen molar-refractivity contribution in [2.75, 3.05) is 13.1 Å². The number of likely N-dealkylation sites (tertiary alicyclic amines) is 1. The van der Waals surface area contributed by atoms with Crippen LogP contribution in [-0.4, -0.2) is 38.4 Å². The summed E-state index contributed by atoms with van der Waals surface area (Å²) in [4.78, 5) is 42.1. The molecule has 1 saturated heterocycles. The maximum absolute atomic E-state index is 14.2. The van der Waals surface area contributed by atoms with E-state index in [1.807, 2.05) is 24.3 Å². The van der Waals surface area contributed by atoms with E-state index >= 15 is 0 Å². The molecule has 1 amide bonds. The first kappa shape index (κ1) is 22.9. The number of aromatic nitrogens is 2. The molecule has 5 rings (SSSR count). The first-order valence-corrected chi connectivity index (χ1v) is 11.9. The summed E-state index contributed by atoms with van der Waals surface area (Å²) in [6.07, 6.45) is 1.14. The zero-order valence-electron chi connectivity index (χ0n) is 18.5. The molecule has 1 aliphatic heterocycles. The number of halogens is 1. The van der Waals surface area contributed by atoms with E-state index in [1.165, 1.54) is 24.3 Å². The fourth-order valence-corrected chi connectivity index (χ4v) is 5.41. The van der Waals surface area contributed by atoms with Gasteiger partial charge in [0.25, 0.3) is 11.6 Å². The summed E-state index contributed by atoms with van der Waals surface area (Å²) in [6.45, 7) is 0.782. The molecule has 0 spiro atoms. The van der Waals surface area contributed by atoms with Gasteiger partial charge in [-0.05, 0) is 43.2 Å². The van der Waals surface area contributed by atoms with Gasteiger partial charge in [-0.25, -0.2) is 9.18 Å². The van der Waals surface area contributed by atoms with Gasteiger partial charge in [-0.2, -0.15) is 0 Å². The molecular formula is C25H21FN4O4S. The van der Waals surface area contributed by atoms with Crippen molar-refractivity contribution in [1.82, 2.24) is 14.5 Å². The number of hydrogen-bond acceptors (Lipinski definition) is 5. The molecule has 1 aliphatic rings. The molecule has 1 aromatic heterocycles. The number of imidazole rings is 1. The fraction of sp³-hybridized carbons (Fsp3) is 0.200. The zero-order chi connectivity index (χ0) is 24.5. The van der Waals surface area contributed by atoms with Crippen molar-refractivity contribution in [3.8, 4) is 0 Å². The molecule has 0 atom stereocenters. The number of aromatic amines is 1. The SMILES string of the molecule is O=C(c1cc([N+](=O)[O-])ccc1Sc1ccccc1F)N1CCC(n2c(=O)[nH]c3ccccc32)CC1. The van der Waals surface area contributed by atoms with Gasteiger partial charge in [0, 0.05) is 41.1 Å². The van der Waals surface area contributed by atoms with Crippen LogP contribution in [0.15, 0.2) is 81.3 Å². The van der Waals surface area contributed by atoms with Crippen LogP contribution >= 0.6 is 11.8 Å². The minimum absolute atomic E-state index is 0.0694. The number of nitrogens with zero attached hydrogens (tertiary/aromatic N) is 3. The molecule has 1 N–H and O–H groups in total. The Kier molecular flexibility index (Phi) is 6.12. The summed E-state index contributed by atoms with van der Waals surface area (Å²) in [5.41, 5.74) is 1.37. The van der Waals surface area contributed by atoms with E-state index in [1.54, 1.807) is 27.7 Å². The molecule has 2 heterocycles. The average Bonchev–Trinajstić information content (AvgIpc) is 3.21. The minimum atomic E-state index is -0.552. The molecule has 0 aliphatic carbocycles. The summed E-state index contributed by atoms with van der Waals surface area (Å²) in [7, 11) is 0. The van der Waals surface area contributed by atoms with Gasteiger partial charge in [0.2, 0.25) is 0 Å². The lowest BCUT2D eigenvalue weighted by Gasteiger charge is -2.33. The monoisotopic (exact) mass is 492 g/mol. The number of nitrogens with one attached hydrogen (secondary N) is 1. The normalized spacial score (nSPS) is 14.4. The number of rotatable bonds is 5. The van der Waals surface area contributed by atoms with Crippen LogP contribution in [0.5, 0.6) is 0 Å². The topological polar surface area (TPSA) is 101 Å². The Morgan fingerprint density at radius 2 is 1.74 bits per heavy atom. The van der Waals surface area contributed by atoms with Crippen LogP contribution in [0.1, 0.15) is 29.2 Å². The third kappa shape index (κ3) is 4.44. The molecule has 35 heavy (non-hydrogen) atoms. The lowest BCUT2D eigenvalue weighted by molar-refractivity contribution is -0.384. The number of nitro groups is 1. The molecule has 0 unspecified atom stereocenters. The molecule has 178 valence electrons. The number of benzene rings is 3. The van der Waals surface area contributed by atoms with Gasteiger partial charge in [0.1, 0.15) is 5.82 Å². The highest BCUT2D eigenvalue weighted by atomic mass is 32.2. The Bertz CT molecular complexity index is 1490. The minimum Gasteiger partial charge on any atom is -0.338 e. The van der Waals surface area contributed by atoms with E-state index in [4.69, 9.17) is 0 Å². The predicted molar refractivity (Wildman–Crippen MR) is 130 cm³/mol. The maximum Gasteiger partial charge on any atom is 0.326 e. The van der Waals surface area contributed by atoms with Crippen molar-refractivity contribution in [3.05, 3.63) is 98.7 Å². The maximum atomic E-state index is 14.2. The third-order valence-electron chi connectivity index (χ3n) is 6.20. The van der Waals surface area contributed by atoms with Crippen LogP contribution in [0.2, 0.25) is 0 Å². The molecule has 10 heteroatoms. The summed E-state index contributed by atoms with van der Waals surface area (Å²) in [5.74, 6) is -0.781. The van der Waals surface area contributed by atoms with Crippen molar-refractivity contribution in [1.29, 1.82) is 0 Å². The van der Waals surface area contributed by atoms with Gasteiger partial charge in [-0.3, -0.25) is 19.5 Å². The van der Waals surface area contributed by atoms with Gasteiger partial charge >= 0.3 is 5.69 Å². The van der Waals surface area contributed by atoms with Crippen LogP contribution in [0.4, 0.5) is 10.1 Å². The standard InChI is InChI=1S/C25H21FN4O4S/c26-19-5-1-4-8-23(19)35-22-10-9-17(30(33)34)15-18(22)24(31)28-13-11-16(12-14-28)29-21-7-3-2-6-20(21)27-25(29)32/h1-10,15-16H,11-14H2,(H,27,32). The Hall–Kier alpha value is -3.92. The Balaban J connectivity index is 1.40. The molecule has 3 aromatic carbocycles. The quantitative estimate of drug-likeness (QED) is 0.312. The van der Waals surface area contributed by atoms with E-state index in [0.29, 0.717) is 35.7 Å². The zero-order valence-corrected chi connectivity index (χ0v) is 19.3. The van der Waals surface area contributed by atoms with E-state index in [0.717, 1.165) is 22.8 Å². The summed E-state index contributed by atoms with van der Waals surface area (Å²) >= 11 is 1.06. The second-order valence-electron chi connectivity index (χ2n) is 8.31. The summed E-state index contributed by atoms with van der Waals surface area (Å²) in [6, 6.07) is 17.6. The molecule has 4 aromatic rings. The largest absolute Gasteiger partial charge is 0.338 e. The van der Waals surface area contributed by atoms with Gasteiger partial charge in [-0.15, -0.1) is 0 Å². The number of carbonyl (C=O) groups excluding carboxylic acids is 1. The first-order valence-electron chi connectivity index (χ1n) is 11.1. The van der Waals surface area contributed by atoms with Crippen LogP contribution in [0, 0.1) is 15.9 Å². The summed E-state index contributed by atoms with van der Waals surface area (Å²) < 4.78 is 16.0. The van der Waals surface area contributed by atoms with Crippen molar-refractivity contribution >= 4 is 34.4 Å². The lowest BCUT2D eigenvalue weighted by Crippen LogP contribution is -2.40. The van der Waals surface area contributed by atoms with Gasteiger partial charge < -0.3 is 9.88 Å². The van der Waals surface area contributed by atoms with Gasteiger partial charge in [0.15, 0.2) is 0 Å². The number of para-hydroxylation sites is 2. The second-order valence-corrected chi connectivity index (χ2v) is 9.39. The number of piperidine rings is 1. The van der Waals surface area contributed by atoms with E-state index < -0.39 is 10.7 Å².